The van der Waals surface area contributed by atoms with Gasteiger partial charge in [0.2, 0.25) is 0 Å². The summed E-state index contributed by atoms with van der Waals surface area (Å²) < 4.78 is 18.0. The maximum atomic E-state index is 12.9. The Kier molecular flexibility index (Phi) is 4.32. The molecule has 7 heteroatoms. The molecule has 0 saturated heterocycles. The third-order valence-electron chi connectivity index (χ3n) is 5.14. The number of rotatable bonds is 4. The molecule has 0 aliphatic carbocycles. The Balaban J connectivity index is 1.91. The first-order valence-electron chi connectivity index (χ1n) is 8.79. The number of phosphoric acid groups is 1. The maximum absolute atomic E-state index is 12.9. The quantitative estimate of drug-likeness (QED) is 0.520. The topological polar surface area (TPSA) is 88.8 Å². The summed E-state index contributed by atoms with van der Waals surface area (Å²) >= 11 is 0. The number of hydrogen-bond acceptors (Lipinski definition) is 3. The van der Waals surface area contributed by atoms with Gasteiger partial charge in [-0.15, -0.1) is 0 Å². The van der Waals surface area contributed by atoms with Crippen LogP contribution in [0, 0.1) is 6.92 Å². The first-order chi connectivity index (χ1) is 12.8. The summed E-state index contributed by atoms with van der Waals surface area (Å²) in [5.74, 6) is 0. The molecule has 27 heavy (non-hydrogen) atoms. The smallest absolute Gasteiger partial charge is 0.304 e. The van der Waals surface area contributed by atoms with Crippen LogP contribution in [-0.2, 0) is 15.6 Å². The molecule has 1 unspecified atom stereocenters. The van der Waals surface area contributed by atoms with Crippen LogP contribution in [0.3, 0.4) is 0 Å². The summed E-state index contributed by atoms with van der Waals surface area (Å²) in [6.07, 6.45) is -0.492. The summed E-state index contributed by atoms with van der Waals surface area (Å²) in [6.45, 7) is 3.94. The van der Waals surface area contributed by atoms with Crippen LogP contribution < -0.4 is 5.56 Å². The van der Waals surface area contributed by atoms with E-state index < -0.39 is 13.9 Å². The molecule has 2 heterocycles. The fourth-order valence-corrected chi connectivity index (χ4v) is 4.42. The normalized spacial score (nSPS) is 14.2. The van der Waals surface area contributed by atoms with Crippen molar-refractivity contribution in [2.24, 2.45) is 0 Å². The maximum Gasteiger partial charge on any atom is 0.470 e. The Labute approximate surface area is 156 Å². The van der Waals surface area contributed by atoms with Gasteiger partial charge in [0.25, 0.3) is 5.56 Å². The van der Waals surface area contributed by atoms with E-state index >= 15 is 0 Å². The van der Waals surface area contributed by atoms with Crippen molar-refractivity contribution in [3.05, 3.63) is 69.5 Å². The molecule has 1 aromatic heterocycles. The molecule has 0 saturated carbocycles. The summed E-state index contributed by atoms with van der Waals surface area (Å²) in [6, 6.07) is 14.0. The van der Waals surface area contributed by atoms with Crippen LogP contribution in [0.1, 0.15) is 36.1 Å². The van der Waals surface area contributed by atoms with Crippen molar-refractivity contribution in [1.82, 2.24) is 4.57 Å². The van der Waals surface area contributed by atoms with Crippen LogP contribution in [0.2, 0.25) is 0 Å². The minimum absolute atomic E-state index is 0.157. The number of fused-ring (bicyclic) bond motifs is 4. The van der Waals surface area contributed by atoms with Crippen molar-refractivity contribution in [2.75, 3.05) is 0 Å². The molecule has 0 spiro atoms. The monoisotopic (exact) mass is 385 g/mol. The van der Waals surface area contributed by atoms with E-state index in [0.717, 1.165) is 27.6 Å². The lowest BCUT2D eigenvalue weighted by atomic mass is 9.98. The lowest BCUT2D eigenvalue weighted by Crippen LogP contribution is -2.24. The lowest BCUT2D eigenvalue weighted by Gasteiger charge is -2.20. The number of benzene rings is 2. The highest BCUT2D eigenvalue weighted by Gasteiger charge is 2.28. The Morgan fingerprint density at radius 2 is 1.85 bits per heavy atom. The van der Waals surface area contributed by atoms with Crippen molar-refractivity contribution < 1.29 is 18.9 Å². The zero-order valence-electron chi connectivity index (χ0n) is 15.0. The van der Waals surface area contributed by atoms with Gasteiger partial charge in [0.15, 0.2) is 0 Å². The highest BCUT2D eigenvalue weighted by atomic mass is 31.2. The van der Waals surface area contributed by atoms with Gasteiger partial charge in [-0.1, -0.05) is 31.2 Å². The van der Waals surface area contributed by atoms with Crippen LogP contribution in [0.4, 0.5) is 0 Å². The molecule has 1 aliphatic heterocycles. The van der Waals surface area contributed by atoms with Crippen molar-refractivity contribution in [2.45, 2.75) is 32.9 Å². The minimum Gasteiger partial charge on any atom is -0.304 e. The number of phosphoric ester groups is 1. The molecule has 2 aromatic carbocycles. The van der Waals surface area contributed by atoms with E-state index in [1.807, 2.05) is 30.3 Å². The average molecular weight is 385 g/mol. The van der Waals surface area contributed by atoms with Crippen molar-refractivity contribution in [3.8, 4) is 11.3 Å². The van der Waals surface area contributed by atoms with Gasteiger partial charge < -0.3 is 14.4 Å². The molecular weight excluding hydrogens is 365 g/mol. The van der Waals surface area contributed by atoms with Gasteiger partial charge in [-0.3, -0.25) is 9.32 Å². The van der Waals surface area contributed by atoms with Gasteiger partial charge in [-0.05, 0) is 53.4 Å². The first-order valence-corrected chi connectivity index (χ1v) is 10.3. The van der Waals surface area contributed by atoms with Gasteiger partial charge in [-0.25, -0.2) is 4.57 Å². The highest BCUT2D eigenvalue weighted by molar-refractivity contribution is 7.46. The molecule has 1 atom stereocenters. The van der Waals surface area contributed by atoms with E-state index in [9.17, 15) is 19.1 Å². The highest BCUT2D eigenvalue weighted by Crippen LogP contribution is 2.45. The third kappa shape index (κ3) is 3.15. The molecule has 4 rings (SSSR count). The van der Waals surface area contributed by atoms with Gasteiger partial charge in [-0.2, -0.15) is 0 Å². The van der Waals surface area contributed by atoms with Crippen molar-refractivity contribution in [3.63, 3.8) is 0 Å². The second-order valence-electron chi connectivity index (χ2n) is 6.85. The van der Waals surface area contributed by atoms with Crippen molar-refractivity contribution >= 4 is 18.6 Å². The predicted molar refractivity (Wildman–Crippen MR) is 104 cm³/mol. The summed E-state index contributed by atoms with van der Waals surface area (Å²) in [5, 5.41) is 2.20. The number of nitrogens with zero attached hydrogens (tertiary/aromatic N) is 1. The molecule has 0 amide bonds. The summed E-state index contributed by atoms with van der Waals surface area (Å²) in [5.41, 5.74) is 3.61. The standard InChI is InChI=1S/C20H20NO5P/c1-3-19(26-27(23,24)25)16-10-18-17-9-14-7-5-4-6-13(14)8-15(17)11-21(18)20(22)12(16)2/h4-10,19H,3,11H2,1-2H3,(H2,23,24,25). The number of aromatic nitrogens is 1. The Bertz CT molecular complexity index is 1160. The Morgan fingerprint density at radius 1 is 1.19 bits per heavy atom. The summed E-state index contributed by atoms with van der Waals surface area (Å²) in [7, 11) is -4.67. The predicted octanol–water partition coefficient (Wildman–Crippen LogP) is 3.90. The van der Waals surface area contributed by atoms with Crippen molar-refractivity contribution in [1.29, 1.82) is 0 Å². The lowest BCUT2D eigenvalue weighted by molar-refractivity contribution is 0.130. The fourth-order valence-electron chi connectivity index (χ4n) is 3.83. The number of pyridine rings is 1. The SMILES string of the molecule is CCC(OP(=O)(O)O)c1cc2n(c(=O)c1C)Cc1cc3ccccc3cc1-2. The van der Waals surface area contributed by atoms with E-state index in [2.05, 4.69) is 12.1 Å². The van der Waals surface area contributed by atoms with Crippen LogP contribution in [0.5, 0.6) is 0 Å². The van der Waals surface area contributed by atoms with Crippen LogP contribution in [0.15, 0.2) is 47.3 Å². The van der Waals surface area contributed by atoms with E-state index in [1.54, 1.807) is 18.4 Å². The number of hydrogen-bond donors (Lipinski definition) is 2. The minimum atomic E-state index is -4.67. The average Bonchev–Trinajstić information content (AvgIpc) is 2.98. The van der Waals surface area contributed by atoms with Crippen LogP contribution in [-0.4, -0.2) is 14.4 Å². The zero-order chi connectivity index (χ0) is 19.3. The van der Waals surface area contributed by atoms with E-state index in [0.29, 0.717) is 24.1 Å². The summed E-state index contributed by atoms with van der Waals surface area (Å²) in [4.78, 5) is 31.4. The molecular formula is C20H20NO5P. The largest absolute Gasteiger partial charge is 0.470 e. The van der Waals surface area contributed by atoms with E-state index in [-0.39, 0.29) is 5.56 Å². The molecule has 140 valence electrons. The molecule has 0 radical (unpaired) electrons. The van der Waals surface area contributed by atoms with E-state index in [1.165, 1.54) is 0 Å². The van der Waals surface area contributed by atoms with Gasteiger partial charge >= 0.3 is 7.82 Å². The first kappa shape index (κ1) is 18.1. The third-order valence-corrected chi connectivity index (χ3v) is 5.67. The molecule has 1 aliphatic rings. The Morgan fingerprint density at radius 3 is 2.48 bits per heavy atom. The molecule has 2 N–H and O–H groups in total. The van der Waals surface area contributed by atoms with Gasteiger partial charge in [0, 0.05) is 11.1 Å². The fraction of sp³-hybridized carbons (Fsp3) is 0.250. The van der Waals surface area contributed by atoms with Crippen LogP contribution >= 0.6 is 7.82 Å². The second-order valence-corrected chi connectivity index (χ2v) is 8.04. The molecule has 6 nitrogen and oxygen atoms in total. The molecule has 0 bridgehead atoms. The second kappa shape index (κ2) is 6.43. The zero-order valence-corrected chi connectivity index (χ0v) is 15.9. The molecule has 0 fully saturated rings. The molecule has 3 aromatic rings. The Hall–Kier alpha value is -2.24. The van der Waals surface area contributed by atoms with Crippen LogP contribution in [0.25, 0.3) is 22.0 Å². The van der Waals surface area contributed by atoms with E-state index in [4.69, 9.17) is 4.52 Å². The van der Waals surface area contributed by atoms with Gasteiger partial charge in [0.05, 0.1) is 18.3 Å². The van der Waals surface area contributed by atoms with Gasteiger partial charge in [0.1, 0.15) is 0 Å².